The maximum absolute atomic E-state index is 12.6. The van der Waals surface area contributed by atoms with Crippen molar-refractivity contribution in [1.29, 1.82) is 0 Å². The van der Waals surface area contributed by atoms with Crippen molar-refractivity contribution in [2.24, 2.45) is 23.0 Å². The highest BCUT2D eigenvalue weighted by Gasteiger charge is 2.42. The summed E-state index contributed by atoms with van der Waals surface area (Å²) in [5, 5.41) is 2.91. The molecule has 2 aliphatic rings. The van der Waals surface area contributed by atoms with E-state index in [0.29, 0.717) is 45.4 Å². The van der Waals surface area contributed by atoms with Gasteiger partial charge in [0, 0.05) is 26.3 Å². The lowest BCUT2D eigenvalue weighted by Crippen LogP contribution is -2.50. The van der Waals surface area contributed by atoms with Crippen LogP contribution in [0.25, 0.3) is 0 Å². The van der Waals surface area contributed by atoms with Gasteiger partial charge in [-0.3, -0.25) is 4.79 Å². The molecule has 2 rings (SSSR count). The predicted molar refractivity (Wildman–Crippen MR) is 76.1 cm³/mol. The molecule has 1 saturated carbocycles. The Hall–Kier alpha value is -0.820. The van der Waals surface area contributed by atoms with Gasteiger partial charge in [0.15, 0.2) is 0 Å². The van der Waals surface area contributed by atoms with Crippen LogP contribution in [0, 0.1) is 17.3 Å². The minimum atomic E-state index is -4.08. The molecule has 128 valence electrons. The van der Waals surface area contributed by atoms with E-state index in [0.717, 1.165) is 0 Å². The van der Waals surface area contributed by atoms with Crippen LogP contribution in [-0.4, -0.2) is 38.4 Å². The molecule has 1 aliphatic heterocycles. The van der Waals surface area contributed by atoms with Gasteiger partial charge >= 0.3 is 6.18 Å². The zero-order valence-corrected chi connectivity index (χ0v) is 12.8. The molecule has 1 saturated heterocycles. The summed E-state index contributed by atoms with van der Waals surface area (Å²) in [6, 6.07) is 0. The molecule has 0 aromatic rings. The fourth-order valence-electron chi connectivity index (χ4n) is 3.40. The smallest absolute Gasteiger partial charge is 0.381 e. The van der Waals surface area contributed by atoms with Crippen molar-refractivity contribution >= 4 is 5.91 Å². The van der Waals surface area contributed by atoms with Crippen molar-refractivity contribution in [3.8, 4) is 0 Å². The van der Waals surface area contributed by atoms with Crippen molar-refractivity contribution in [2.75, 3.05) is 26.3 Å². The second-order valence-corrected chi connectivity index (χ2v) is 6.57. The van der Waals surface area contributed by atoms with Crippen molar-refractivity contribution in [1.82, 2.24) is 5.32 Å². The Morgan fingerprint density at radius 2 is 1.77 bits per heavy atom. The van der Waals surface area contributed by atoms with Gasteiger partial charge in [-0.2, -0.15) is 13.2 Å². The summed E-state index contributed by atoms with van der Waals surface area (Å²) >= 11 is 0. The third-order valence-corrected chi connectivity index (χ3v) is 5.18. The molecular weight excluding hydrogens is 297 g/mol. The van der Waals surface area contributed by atoms with Crippen LogP contribution < -0.4 is 11.1 Å². The lowest BCUT2D eigenvalue weighted by Gasteiger charge is -2.35. The first-order valence-corrected chi connectivity index (χ1v) is 8.00. The number of carbonyl (C=O) groups excluding carboxylic acids is 1. The third kappa shape index (κ3) is 4.13. The van der Waals surface area contributed by atoms with Gasteiger partial charge < -0.3 is 15.8 Å². The summed E-state index contributed by atoms with van der Waals surface area (Å²) in [5.41, 5.74) is 5.20. The fraction of sp³-hybridized carbons (Fsp3) is 0.933. The highest BCUT2D eigenvalue weighted by Crippen LogP contribution is 2.39. The van der Waals surface area contributed by atoms with E-state index in [1.54, 1.807) is 0 Å². The highest BCUT2D eigenvalue weighted by atomic mass is 19.4. The van der Waals surface area contributed by atoms with E-state index >= 15 is 0 Å². The normalized spacial score (nSPS) is 29.1. The Labute approximate surface area is 128 Å². The van der Waals surface area contributed by atoms with Gasteiger partial charge in [-0.05, 0) is 44.4 Å². The molecule has 0 aromatic carbocycles. The summed E-state index contributed by atoms with van der Waals surface area (Å²) in [5.74, 6) is -1.11. The van der Waals surface area contributed by atoms with Gasteiger partial charge in [-0.1, -0.05) is 0 Å². The SMILES string of the molecule is NCC1(C(=O)NCC2CCC(C(F)(F)F)CC2)CCOCC1. The number of ether oxygens (including phenoxy) is 1. The van der Waals surface area contributed by atoms with Crippen LogP contribution in [0.2, 0.25) is 0 Å². The van der Waals surface area contributed by atoms with E-state index in [4.69, 9.17) is 10.5 Å². The summed E-state index contributed by atoms with van der Waals surface area (Å²) < 4.78 is 43.2. The second-order valence-electron chi connectivity index (χ2n) is 6.57. The van der Waals surface area contributed by atoms with E-state index in [9.17, 15) is 18.0 Å². The largest absolute Gasteiger partial charge is 0.391 e. The molecule has 2 fully saturated rings. The van der Waals surface area contributed by atoms with Crippen molar-refractivity contribution in [2.45, 2.75) is 44.7 Å². The lowest BCUT2D eigenvalue weighted by atomic mass is 9.78. The molecule has 0 bridgehead atoms. The molecule has 1 heterocycles. The molecule has 1 amide bonds. The van der Waals surface area contributed by atoms with Crippen molar-refractivity contribution in [3.05, 3.63) is 0 Å². The number of amides is 1. The molecule has 0 atom stereocenters. The first-order valence-electron chi connectivity index (χ1n) is 8.00. The summed E-state index contributed by atoms with van der Waals surface area (Å²) in [4.78, 5) is 12.4. The maximum atomic E-state index is 12.6. The van der Waals surface area contributed by atoms with Crippen LogP contribution >= 0.6 is 0 Å². The first kappa shape index (κ1) is 17.5. The maximum Gasteiger partial charge on any atom is 0.391 e. The number of nitrogens with two attached hydrogens (primary N) is 1. The van der Waals surface area contributed by atoms with E-state index in [1.807, 2.05) is 0 Å². The molecule has 4 nitrogen and oxygen atoms in total. The standard InChI is InChI=1S/C15H25F3N2O2/c16-15(17,18)12-3-1-11(2-4-12)9-20-13(21)14(10-19)5-7-22-8-6-14/h11-12H,1-10,19H2,(H,20,21). The van der Waals surface area contributed by atoms with Crippen LogP contribution in [0.3, 0.4) is 0 Å². The topological polar surface area (TPSA) is 64.4 Å². The number of hydrogen-bond donors (Lipinski definition) is 2. The number of nitrogens with one attached hydrogen (secondary N) is 1. The van der Waals surface area contributed by atoms with Crippen LogP contribution in [0.15, 0.2) is 0 Å². The molecule has 1 aliphatic carbocycles. The van der Waals surface area contributed by atoms with Gasteiger partial charge in [0.25, 0.3) is 0 Å². The van der Waals surface area contributed by atoms with Gasteiger partial charge in [0.1, 0.15) is 0 Å². The zero-order valence-electron chi connectivity index (χ0n) is 12.8. The first-order chi connectivity index (χ1) is 10.4. The second kappa shape index (κ2) is 7.17. The molecule has 7 heteroatoms. The third-order valence-electron chi connectivity index (χ3n) is 5.18. The Balaban J connectivity index is 1.77. The zero-order chi connectivity index (χ0) is 16.2. The number of rotatable bonds is 4. The number of carbonyl (C=O) groups is 1. The summed E-state index contributed by atoms with van der Waals surface area (Å²) in [6.45, 7) is 1.79. The monoisotopic (exact) mass is 322 g/mol. The Bertz CT molecular complexity index is 373. The minimum absolute atomic E-state index is 0.0729. The number of halogens is 3. The molecular formula is C15H25F3N2O2. The molecule has 3 N–H and O–H groups in total. The van der Waals surface area contributed by atoms with Crippen LogP contribution in [0.4, 0.5) is 13.2 Å². The van der Waals surface area contributed by atoms with E-state index in [2.05, 4.69) is 5.32 Å². The Morgan fingerprint density at radius 3 is 2.27 bits per heavy atom. The van der Waals surface area contributed by atoms with Gasteiger partial charge in [-0.15, -0.1) is 0 Å². The molecule has 0 radical (unpaired) electrons. The molecule has 0 aromatic heterocycles. The summed E-state index contributed by atoms with van der Waals surface area (Å²) in [6.07, 6.45) is -1.50. The van der Waals surface area contributed by atoms with E-state index < -0.39 is 17.5 Å². The van der Waals surface area contributed by atoms with Gasteiger partial charge in [-0.25, -0.2) is 0 Å². The number of alkyl halides is 3. The van der Waals surface area contributed by atoms with Crippen molar-refractivity contribution in [3.63, 3.8) is 0 Å². The lowest BCUT2D eigenvalue weighted by molar-refractivity contribution is -0.183. The predicted octanol–water partition coefficient (Wildman–Crippen LogP) is 2.23. The average molecular weight is 322 g/mol. The van der Waals surface area contributed by atoms with Crippen LogP contribution in [0.5, 0.6) is 0 Å². The molecule has 0 unspecified atom stereocenters. The van der Waals surface area contributed by atoms with Gasteiger partial charge in [0.2, 0.25) is 5.91 Å². The van der Waals surface area contributed by atoms with Crippen molar-refractivity contribution < 1.29 is 22.7 Å². The Kier molecular flexibility index (Phi) is 5.71. The van der Waals surface area contributed by atoms with Gasteiger partial charge in [0.05, 0.1) is 11.3 Å². The Morgan fingerprint density at radius 1 is 1.18 bits per heavy atom. The fourth-order valence-corrected chi connectivity index (χ4v) is 3.40. The minimum Gasteiger partial charge on any atom is -0.381 e. The van der Waals surface area contributed by atoms with E-state index in [1.165, 1.54) is 0 Å². The quantitative estimate of drug-likeness (QED) is 0.834. The van der Waals surface area contributed by atoms with E-state index in [-0.39, 0.29) is 31.2 Å². The van der Waals surface area contributed by atoms with Crippen LogP contribution in [-0.2, 0) is 9.53 Å². The highest BCUT2D eigenvalue weighted by molar-refractivity contribution is 5.83. The van der Waals surface area contributed by atoms with Crippen LogP contribution in [0.1, 0.15) is 38.5 Å². The number of hydrogen-bond acceptors (Lipinski definition) is 3. The molecule has 22 heavy (non-hydrogen) atoms. The summed E-state index contributed by atoms with van der Waals surface area (Å²) in [7, 11) is 0. The molecule has 0 spiro atoms. The average Bonchev–Trinajstić information content (AvgIpc) is 2.52.